The molecule has 4 rings (SSSR count). The number of benzene rings is 1. The third-order valence-corrected chi connectivity index (χ3v) is 5.88. The van der Waals surface area contributed by atoms with Gasteiger partial charge in [0.15, 0.2) is 0 Å². The Bertz CT molecular complexity index is 772. The van der Waals surface area contributed by atoms with Gasteiger partial charge in [0.25, 0.3) is 5.91 Å². The number of rotatable bonds is 3. The molecule has 3 nitrogen and oxygen atoms in total. The first-order valence-corrected chi connectivity index (χ1v) is 9.01. The molecule has 1 N–H and O–H groups in total. The first kappa shape index (κ1) is 15.5. The molecule has 2 aliphatic carbocycles. The molecule has 126 valence electrons. The number of amides is 1. The minimum atomic E-state index is 0.0254. The van der Waals surface area contributed by atoms with Crippen LogP contribution in [0.4, 0.5) is 0 Å². The van der Waals surface area contributed by atoms with E-state index in [9.17, 15) is 4.79 Å². The first-order valence-electron chi connectivity index (χ1n) is 9.01. The quantitative estimate of drug-likeness (QED) is 0.882. The minimum absolute atomic E-state index is 0.0254. The summed E-state index contributed by atoms with van der Waals surface area (Å²) in [6, 6.07) is 8.64. The molecule has 3 atom stereocenters. The zero-order valence-electron chi connectivity index (χ0n) is 14.7. The van der Waals surface area contributed by atoms with Gasteiger partial charge in [0.2, 0.25) is 0 Å². The Balaban J connectivity index is 1.65. The summed E-state index contributed by atoms with van der Waals surface area (Å²) in [5, 5.41) is 3.30. The van der Waals surface area contributed by atoms with Gasteiger partial charge in [-0.1, -0.05) is 36.2 Å². The highest BCUT2D eigenvalue weighted by Crippen LogP contribution is 2.44. The summed E-state index contributed by atoms with van der Waals surface area (Å²) in [5.74, 6) is 3.05. The van der Waals surface area contributed by atoms with Crippen molar-refractivity contribution in [2.75, 3.05) is 0 Å². The zero-order chi connectivity index (χ0) is 16.8. The maximum Gasteiger partial charge on any atom is 0.255 e. The highest BCUT2D eigenvalue weighted by molar-refractivity contribution is 6.02. The van der Waals surface area contributed by atoms with Gasteiger partial charge in [0, 0.05) is 11.6 Å². The number of carbonyl (C=O) groups is 1. The summed E-state index contributed by atoms with van der Waals surface area (Å²) in [6.07, 6.45) is 5.05. The summed E-state index contributed by atoms with van der Waals surface area (Å²) < 4.78 is 5.82. The summed E-state index contributed by atoms with van der Waals surface area (Å²) in [6.45, 7) is 5.90. The number of nitrogens with one attached hydrogen (secondary N) is 1. The van der Waals surface area contributed by atoms with Crippen molar-refractivity contribution in [3.63, 3.8) is 0 Å². The van der Waals surface area contributed by atoms with Gasteiger partial charge < -0.3 is 9.73 Å². The van der Waals surface area contributed by atoms with Crippen LogP contribution in [0.1, 0.15) is 53.1 Å². The van der Waals surface area contributed by atoms with E-state index in [0.29, 0.717) is 23.3 Å². The van der Waals surface area contributed by atoms with E-state index in [1.165, 1.54) is 24.8 Å². The third-order valence-electron chi connectivity index (χ3n) is 5.88. The van der Waals surface area contributed by atoms with E-state index in [-0.39, 0.29) is 5.91 Å². The maximum absolute atomic E-state index is 13.0. The van der Waals surface area contributed by atoms with Crippen LogP contribution in [-0.4, -0.2) is 11.9 Å². The molecule has 1 aromatic carbocycles. The highest BCUT2D eigenvalue weighted by Gasteiger charge is 2.40. The third kappa shape index (κ3) is 2.56. The SMILES string of the molecule is Cc1ccc(-c2c(C)oc(C)c2C(=O)N[C@@H]2C[C@H]3CC[C@@H]2C3)cc1. The van der Waals surface area contributed by atoms with E-state index in [2.05, 4.69) is 36.5 Å². The van der Waals surface area contributed by atoms with Gasteiger partial charge in [-0.15, -0.1) is 0 Å². The minimum Gasteiger partial charge on any atom is -0.465 e. The molecule has 1 aromatic heterocycles. The molecular weight excluding hydrogens is 298 g/mol. The Morgan fingerprint density at radius 2 is 1.79 bits per heavy atom. The van der Waals surface area contributed by atoms with Crippen molar-refractivity contribution < 1.29 is 9.21 Å². The van der Waals surface area contributed by atoms with Gasteiger partial charge in [-0.2, -0.15) is 0 Å². The molecule has 2 aliphatic rings. The van der Waals surface area contributed by atoms with Gasteiger partial charge >= 0.3 is 0 Å². The second-order valence-corrected chi connectivity index (χ2v) is 7.59. The lowest BCUT2D eigenvalue weighted by Crippen LogP contribution is -2.38. The van der Waals surface area contributed by atoms with Gasteiger partial charge in [0.05, 0.1) is 5.56 Å². The molecule has 0 radical (unpaired) electrons. The summed E-state index contributed by atoms with van der Waals surface area (Å²) in [5.41, 5.74) is 3.91. The smallest absolute Gasteiger partial charge is 0.255 e. The molecule has 0 spiro atoms. The molecule has 24 heavy (non-hydrogen) atoms. The topological polar surface area (TPSA) is 42.2 Å². The Labute approximate surface area is 143 Å². The fourth-order valence-corrected chi connectivity index (χ4v) is 4.69. The molecule has 0 aliphatic heterocycles. The predicted molar refractivity (Wildman–Crippen MR) is 95.1 cm³/mol. The molecular formula is C21H25NO2. The van der Waals surface area contributed by atoms with Crippen LogP contribution in [0.25, 0.3) is 11.1 Å². The first-order chi connectivity index (χ1) is 11.5. The van der Waals surface area contributed by atoms with Crippen LogP contribution in [0.15, 0.2) is 28.7 Å². The molecule has 2 bridgehead atoms. The predicted octanol–water partition coefficient (Wildman–Crippen LogP) is 4.79. The van der Waals surface area contributed by atoms with Crippen molar-refractivity contribution in [3.05, 3.63) is 46.9 Å². The monoisotopic (exact) mass is 323 g/mol. The fourth-order valence-electron chi connectivity index (χ4n) is 4.69. The highest BCUT2D eigenvalue weighted by atomic mass is 16.3. The van der Waals surface area contributed by atoms with Crippen LogP contribution in [0.2, 0.25) is 0 Å². The molecule has 2 aromatic rings. The normalized spacial score (nSPS) is 25.2. The Morgan fingerprint density at radius 3 is 2.42 bits per heavy atom. The Morgan fingerprint density at radius 1 is 1.04 bits per heavy atom. The lowest BCUT2D eigenvalue weighted by molar-refractivity contribution is 0.0922. The van der Waals surface area contributed by atoms with Crippen molar-refractivity contribution >= 4 is 5.91 Å². The number of fused-ring (bicyclic) bond motifs is 2. The lowest BCUT2D eigenvalue weighted by Gasteiger charge is -2.23. The van der Waals surface area contributed by atoms with Crippen molar-refractivity contribution in [2.24, 2.45) is 11.8 Å². The molecule has 3 heteroatoms. The van der Waals surface area contributed by atoms with Crippen molar-refractivity contribution in [3.8, 4) is 11.1 Å². The lowest BCUT2D eigenvalue weighted by atomic mass is 9.94. The second kappa shape index (κ2) is 5.80. The second-order valence-electron chi connectivity index (χ2n) is 7.59. The van der Waals surface area contributed by atoms with Crippen LogP contribution < -0.4 is 5.32 Å². The van der Waals surface area contributed by atoms with E-state index in [1.54, 1.807) is 0 Å². The molecule has 0 saturated heterocycles. The number of aryl methyl sites for hydroxylation is 3. The average molecular weight is 323 g/mol. The fraction of sp³-hybridized carbons (Fsp3) is 0.476. The summed E-state index contributed by atoms with van der Waals surface area (Å²) >= 11 is 0. The number of hydrogen-bond donors (Lipinski definition) is 1. The average Bonchev–Trinajstić information content (AvgIpc) is 3.22. The Hall–Kier alpha value is -2.03. The van der Waals surface area contributed by atoms with E-state index in [4.69, 9.17) is 4.42 Å². The zero-order valence-corrected chi connectivity index (χ0v) is 14.7. The van der Waals surface area contributed by atoms with Crippen LogP contribution in [-0.2, 0) is 0 Å². The molecule has 2 saturated carbocycles. The molecule has 0 unspecified atom stereocenters. The largest absolute Gasteiger partial charge is 0.465 e. The van der Waals surface area contributed by atoms with Gasteiger partial charge in [-0.05, 0) is 57.4 Å². The standard InChI is InChI=1S/C21H25NO2/c1-12-4-7-16(8-5-12)19-13(2)24-14(3)20(19)21(23)22-18-11-15-6-9-17(18)10-15/h4-5,7-8,15,17-18H,6,9-11H2,1-3H3,(H,22,23)/t15-,17+,18+/m0/s1. The van der Waals surface area contributed by atoms with E-state index in [1.807, 2.05) is 13.8 Å². The molecule has 2 fully saturated rings. The van der Waals surface area contributed by atoms with Crippen LogP contribution >= 0.6 is 0 Å². The summed E-state index contributed by atoms with van der Waals surface area (Å²) in [7, 11) is 0. The maximum atomic E-state index is 13.0. The van der Waals surface area contributed by atoms with Crippen molar-refractivity contribution in [1.82, 2.24) is 5.32 Å². The van der Waals surface area contributed by atoms with Gasteiger partial charge in [-0.3, -0.25) is 4.79 Å². The van der Waals surface area contributed by atoms with E-state index >= 15 is 0 Å². The number of carbonyl (C=O) groups excluding carboxylic acids is 1. The van der Waals surface area contributed by atoms with E-state index in [0.717, 1.165) is 29.2 Å². The van der Waals surface area contributed by atoms with Crippen LogP contribution in [0, 0.1) is 32.6 Å². The number of furan rings is 1. The van der Waals surface area contributed by atoms with Crippen LogP contribution in [0.3, 0.4) is 0 Å². The van der Waals surface area contributed by atoms with Crippen molar-refractivity contribution in [1.29, 1.82) is 0 Å². The molecule has 1 heterocycles. The van der Waals surface area contributed by atoms with Gasteiger partial charge in [-0.25, -0.2) is 0 Å². The van der Waals surface area contributed by atoms with Crippen molar-refractivity contribution in [2.45, 2.75) is 52.5 Å². The summed E-state index contributed by atoms with van der Waals surface area (Å²) in [4.78, 5) is 13.0. The molecule has 1 amide bonds. The van der Waals surface area contributed by atoms with Gasteiger partial charge in [0.1, 0.15) is 11.5 Å². The number of hydrogen-bond acceptors (Lipinski definition) is 2. The van der Waals surface area contributed by atoms with Crippen LogP contribution in [0.5, 0.6) is 0 Å². The van der Waals surface area contributed by atoms with E-state index < -0.39 is 0 Å². The Kier molecular flexibility index (Phi) is 3.75.